The normalized spacial score (nSPS) is 21.1. The average Bonchev–Trinajstić information content (AvgIpc) is 3.27. The Morgan fingerprint density at radius 2 is 1.77 bits per heavy atom. The van der Waals surface area contributed by atoms with Crippen molar-refractivity contribution in [2.75, 3.05) is 0 Å². The van der Waals surface area contributed by atoms with Crippen LogP contribution in [0.1, 0.15) is 55.0 Å². The van der Waals surface area contributed by atoms with Crippen molar-refractivity contribution < 1.29 is 8.42 Å². The minimum absolute atomic E-state index is 0.124. The van der Waals surface area contributed by atoms with Crippen LogP contribution in [0.4, 0.5) is 0 Å². The summed E-state index contributed by atoms with van der Waals surface area (Å²) in [4.78, 5) is 9.09. The molecule has 0 radical (unpaired) electrons. The lowest BCUT2D eigenvalue weighted by molar-refractivity contribution is 0.596. The van der Waals surface area contributed by atoms with Crippen LogP contribution >= 0.6 is 0 Å². The summed E-state index contributed by atoms with van der Waals surface area (Å²) in [6.45, 7) is 4.20. The number of nitrogens with two attached hydrogens (primary N) is 1. The van der Waals surface area contributed by atoms with Gasteiger partial charge in [0.2, 0.25) is 10.0 Å². The molecule has 1 saturated carbocycles. The van der Waals surface area contributed by atoms with Gasteiger partial charge in [0.15, 0.2) is 0 Å². The first kappa shape index (κ1) is 15.1. The first-order valence-corrected chi connectivity index (χ1v) is 8.86. The highest BCUT2D eigenvalue weighted by molar-refractivity contribution is 7.89. The summed E-state index contributed by atoms with van der Waals surface area (Å²) in [5.41, 5.74) is 1.87. The number of rotatable bonds is 4. The molecule has 0 saturated heterocycles. The van der Waals surface area contributed by atoms with E-state index in [1.807, 2.05) is 24.5 Å². The second-order valence-corrected chi connectivity index (χ2v) is 7.59. The molecule has 2 atom stereocenters. The van der Waals surface area contributed by atoms with E-state index in [2.05, 4.69) is 23.8 Å². The number of sulfonamides is 1. The molecule has 1 heterocycles. The van der Waals surface area contributed by atoms with Gasteiger partial charge in [-0.3, -0.25) is 0 Å². The zero-order valence-electron chi connectivity index (χ0n) is 12.6. The van der Waals surface area contributed by atoms with Gasteiger partial charge in [0, 0.05) is 18.3 Å². The zero-order chi connectivity index (χ0) is 15.9. The molecular weight excluding hydrogens is 298 g/mol. The van der Waals surface area contributed by atoms with Gasteiger partial charge in [-0.05, 0) is 35.4 Å². The molecule has 22 heavy (non-hydrogen) atoms. The van der Waals surface area contributed by atoms with E-state index in [4.69, 9.17) is 5.14 Å². The molecule has 0 aliphatic heterocycles. The third-order valence-corrected chi connectivity index (χ3v) is 5.09. The van der Waals surface area contributed by atoms with E-state index in [9.17, 15) is 8.42 Å². The van der Waals surface area contributed by atoms with E-state index >= 15 is 0 Å². The summed E-state index contributed by atoms with van der Waals surface area (Å²) in [6.07, 6.45) is 4.56. The Morgan fingerprint density at radius 1 is 1.14 bits per heavy atom. The number of hydrogen-bond donors (Lipinski definition) is 1. The largest absolute Gasteiger partial charge is 0.241 e. The topological polar surface area (TPSA) is 85.9 Å². The monoisotopic (exact) mass is 317 g/mol. The van der Waals surface area contributed by atoms with Gasteiger partial charge < -0.3 is 0 Å². The molecule has 5 nitrogen and oxygen atoms in total. The van der Waals surface area contributed by atoms with Crippen LogP contribution in [0.15, 0.2) is 41.6 Å². The molecule has 1 aliphatic rings. The predicted molar refractivity (Wildman–Crippen MR) is 84.0 cm³/mol. The van der Waals surface area contributed by atoms with Crippen molar-refractivity contribution in [1.82, 2.24) is 9.97 Å². The highest BCUT2D eigenvalue weighted by Gasteiger charge is 2.43. The maximum absolute atomic E-state index is 11.7. The standard InChI is InChI=1S/C16H19N3O2S/c1-10(2)11-8-18-16(19-9-11)14-7-13(14)12-5-3-4-6-15(12)22(17,20)21/h3-6,8-10,13-14H,7H2,1-2H3,(H2,17,20,21). The fourth-order valence-corrected chi connectivity index (χ4v) is 3.52. The van der Waals surface area contributed by atoms with Crippen LogP contribution in [0.3, 0.4) is 0 Å². The Hall–Kier alpha value is -1.79. The third-order valence-electron chi connectivity index (χ3n) is 4.11. The highest BCUT2D eigenvalue weighted by atomic mass is 32.2. The molecule has 2 unspecified atom stereocenters. The van der Waals surface area contributed by atoms with Crippen LogP contribution < -0.4 is 5.14 Å². The van der Waals surface area contributed by atoms with Crippen LogP contribution in [0, 0.1) is 0 Å². The van der Waals surface area contributed by atoms with Crippen molar-refractivity contribution in [3.8, 4) is 0 Å². The molecule has 2 aromatic rings. The number of primary sulfonamides is 1. The van der Waals surface area contributed by atoms with Gasteiger partial charge in [0.05, 0.1) is 4.90 Å². The Bertz CT molecular complexity index is 785. The third kappa shape index (κ3) is 2.89. The van der Waals surface area contributed by atoms with Crippen molar-refractivity contribution in [2.45, 2.75) is 42.9 Å². The van der Waals surface area contributed by atoms with Crippen molar-refractivity contribution in [3.05, 3.63) is 53.6 Å². The first-order valence-electron chi connectivity index (χ1n) is 7.31. The maximum atomic E-state index is 11.7. The van der Waals surface area contributed by atoms with E-state index in [-0.39, 0.29) is 16.7 Å². The second kappa shape index (κ2) is 5.44. The van der Waals surface area contributed by atoms with Gasteiger partial charge in [-0.25, -0.2) is 23.5 Å². The van der Waals surface area contributed by atoms with Crippen molar-refractivity contribution >= 4 is 10.0 Å². The lowest BCUT2D eigenvalue weighted by Crippen LogP contribution is -2.14. The predicted octanol–water partition coefficient (Wildman–Crippen LogP) is 2.52. The molecular formula is C16H19N3O2S. The minimum atomic E-state index is -3.70. The van der Waals surface area contributed by atoms with Gasteiger partial charge >= 0.3 is 0 Å². The Morgan fingerprint density at radius 3 is 2.36 bits per heavy atom. The second-order valence-electron chi connectivity index (χ2n) is 6.06. The molecule has 1 aromatic heterocycles. The number of hydrogen-bond acceptors (Lipinski definition) is 4. The number of benzene rings is 1. The smallest absolute Gasteiger partial charge is 0.238 e. The van der Waals surface area contributed by atoms with Crippen LogP contribution in [0.25, 0.3) is 0 Å². The summed E-state index contributed by atoms with van der Waals surface area (Å²) in [5.74, 6) is 1.47. The van der Waals surface area contributed by atoms with Crippen molar-refractivity contribution in [2.24, 2.45) is 5.14 Å². The molecule has 2 N–H and O–H groups in total. The summed E-state index contributed by atoms with van der Waals surface area (Å²) in [6, 6.07) is 6.91. The fourth-order valence-electron chi connectivity index (χ4n) is 2.71. The molecule has 116 valence electrons. The quantitative estimate of drug-likeness (QED) is 0.938. The summed E-state index contributed by atoms with van der Waals surface area (Å²) < 4.78 is 23.4. The number of aromatic nitrogens is 2. The van der Waals surface area contributed by atoms with Crippen LogP contribution in [0.2, 0.25) is 0 Å². The van der Waals surface area contributed by atoms with Crippen LogP contribution in [0.5, 0.6) is 0 Å². The molecule has 0 spiro atoms. The van der Waals surface area contributed by atoms with E-state index < -0.39 is 10.0 Å². The van der Waals surface area contributed by atoms with Gasteiger partial charge in [-0.15, -0.1) is 0 Å². The summed E-state index contributed by atoms with van der Waals surface area (Å²) in [5, 5.41) is 5.30. The average molecular weight is 317 g/mol. The summed E-state index contributed by atoms with van der Waals surface area (Å²) >= 11 is 0. The van der Waals surface area contributed by atoms with Gasteiger partial charge in [0.1, 0.15) is 5.82 Å². The number of nitrogens with zero attached hydrogens (tertiary/aromatic N) is 2. The molecule has 1 aromatic carbocycles. The van der Waals surface area contributed by atoms with E-state index in [0.29, 0.717) is 5.92 Å². The molecule has 6 heteroatoms. The Balaban J connectivity index is 1.86. The Kier molecular flexibility index (Phi) is 3.74. The fraction of sp³-hybridized carbons (Fsp3) is 0.375. The summed E-state index contributed by atoms with van der Waals surface area (Å²) in [7, 11) is -3.70. The van der Waals surface area contributed by atoms with E-state index in [0.717, 1.165) is 23.4 Å². The van der Waals surface area contributed by atoms with Gasteiger partial charge in [-0.2, -0.15) is 0 Å². The van der Waals surface area contributed by atoms with Gasteiger partial charge in [-0.1, -0.05) is 32.0 Å². The molecule has 3 rings (SSSR count). The first-order chi connectivity index (χ1) is 10.4. The van der Waals surface area contributed by atoms with Crippen molar-refractivity contribution in [1.29, 1.82) is 0 Å². The molecule has 0 bridgehead atoms. The molecule has 1 aliphatic carbocycles. The van der Waals surface area contributed by atoms with E-state index in [1.54, 1.807) is 12.1 Å². The Labute approximate surface area is 130 Å². The molecule has 0 amide bonds. The van der Waals surface area contributed by atoms with Gasteiger partial charge in [0.25, 0.3) is 0 Å². The minimum Gasteiger partial charge on any atom is -0.241 e. The SMILES string of the molecule is CC(C)c1cnc(C2CC2c2ccccc2S(N)(=O)=O)nc1. The zero-order valence-corrected chi connectivity index (χ0v) is 13.4. The van der Waals surface area contributed by atoms with Crippen molar-refractivity contribution in [3.63, 3.8) is 0 Å². The lowest BCUT2D eigenvalue weighted by atomic mass is 10.1. The maximum Gasteiger partial charge on any atom is 0.238 e. The molecule has 1 fully saturated rings. The lowest BCUT2D eigenvalue weighted by Gasteiger charge is -2.07. The van der Waals surface area contributed by atoms with Crippen LogP contribution in [-0.2, 0) is 10.0 Å². The van der Waals surface area contributed by atoms with Crippen LogP contribution in [-0.4, -0.2) is 18.4 Å². The van der Waals surface area contributed by atoms with E-state index in [1.165, 1.54) is 0 Å². The highest BCUT2D eigenvalue weighted by Crippen LogP contribution is 2.54.